The van der Waals surface area contributed by atoms with E-state index in [0.717, 1.165) is 62.6 Å². The number of carbonyl (C=O) groups excluding carboxylic acids is 2. The first-order valence-corrected chi connectivity index (χ1v) is 13.6. The first kappa shape index (κ1) is 28.0. The first-order chi connectivity index (χ1) is 18.3. The van der Waals surface area contributed by atoms with Crippen LogP contribution in [0.2, 0.25) is 0 Å². The van der Waals surface area contributed by atoms with Crippen LogP contribution < -0.4 is 4.74 Å². The fourth-order valence-electron chi connectivity index (χ4n) is 5.10. The van der Waals surface area contributed by atoms with Crippen molar-refractivity contribution in [2.24, 2.45) is 0 Å². The SMILES string of the molecule is C=C(C)CCC(C(C)=O)N1Cc2c(OCc3ccc(CN(C)CCN4CCOCC4)cc3)cccc2C1=O. The Hall–Kier alpha value is -3.00. The van der Waals surface area contributed by atoms with E-state index in [-0.39, 0.29) is 11.7 Å². The number of hydrogen-bond donors (Lipinski definition) is 0. The van der Waals surface area contributed by atoms with Gasteiger partial charge in [-0.3, -0.25) is 14.5 Å². The quantitative estimate of drug-likeness (QED) is 0.368. The molecule has 1 fully saturated rings. The molecule has 1 saturated heterocycles. The molecule has 7 heteroatoms. The summed E-state index contributed by atoms with van der Waals surface area (Å²) in [5, 5.41) is 0. The number of rotatable bonds is 13. The highest BCUT2D eigenvalue weighted by molar-refractivity contribution is 6.01. The lowest BCUT2D eigenvalue weighted by molar-refractivity contribution is -0.121. The molecule has 2 aliphatic rings. The van der Waals surface area contributed by atoms with Gasteiger partial charge in [-0.25, -0.2) is 0 Å². The molecule has 1 unspecified atom stereocenters. The number of amides is 1. The summed E-state index contributed by atoms with van der Waals surface area (Å²) >= 11 is 0. The first-order valence-electron chi connectivity index (χ1n) is 13.6. The average Bonchev–Trinajstić information content (AvgIpc) is 3.24. The second-order valence-electron chi connectivity index (χ2n) is 10.6. The number of ketones is 1. The molecule has 1 amide bonds. The van der Waals surface area contributed by atoms with E-state index < -0.39 is 6.04 Å². The minimum atomic E-state index is -0.445. The molecule has 0 aliphatic carbocycles. The molecule has 0 N–H and O–H groups in total. The van der Waals surface area contributed by atoms with Crippen LogP contribution in [0.1, 0.15) is 53.7 Å². The van der Waals surface area contributed by atoms with Crippen LogP contribution in [0.4, 0.5) is 0 Å². The number of fused-ring (bicyclic) bond motifs is 1. The zero-order chi connectivity index (χ0) is 27.1. The van der Waals surface area contributed by atoms with Crippen molar-refractivity contribution >= 4 is 11.7 Å². The van der Waals surface area contributed by atoms with Gasteiger partial charge in [-0.15, -0.1) is 6.58 Å². The highest BCUT2D eigenvalue weighted by Gasteiger charge is 2.36. The van der Waals surface area contributed by atoms with E-state index in [0.29, 0.717) is 37.3 Å². The second-order valence-corrected chi connectivity index (χ2v) is 10.6. The second kappa shape index (κ2) is 13.2. The average molecular weight is 520 g/mol. The Morgan fingerprint density at radius 2 is 1.82 bits per heavy atom. The van der Waals surface area contributed by atoms with Crippen molar-refractivity contribution in [3.8, 4) is 5.75 Å². The summed E-state index contributed by atoms with van der Waals surface area (Å²) in [6.45, 7) is 15.0. The molecule has 0 radical (unpaired) electrons. The third-order valence-corrected chi connectivity index (χ3v) is 7.41. The molecule has 0 aromatic heterocycles. The van der Waals surface area contributed by atoms with Gasteiger partial charge in [0.15, 0.2) is 5.78 Å². The van der Waals surface area contributed by atoms with Crippen molar-refractivity contribution in [2.75, 3.05) is 46.4 Å². The van der Waals surface area contributed by atoms with E-state index in [9.17, 15) is 9.59 Å². The van der Waals surface area contributed by atoms with Gasteiger partial charge in [0.25, 0.3) is 5.91 Å². The molecule has 7 nitrogen and oxygen atoms in total. The van der Waals surface area contributed by atoms with E-state index in [1.54, 1.807) is 11.8 Å². The molecule has 204 valence electrons. The van der Waals surface area contributed by atoms with Gasteiger partial charge in [0.05, 0.1) is 25.8 Å². The number of likely N-dealkylation sites (N-methyl/N-ethyl adjacent to an activating group) is 1. The van der Waals surface area contributed by atoms with E-state index in [1.807, 2.05) is 25.1 Å². The highest BCUT2D eigenvalue weighted by atomic mass is 16.5. The topological polar surface area (TPSA) is 62.3 Å². The fourth-order valence-corrected chi connectivity index (χ4v) is 5.10. The van der Waals surface area contributed by atoms with Crippen molar-refractivity contribution in [2.45, 2.75) is 52.4 Å². The fraction of sp³-hybridized carbons (Fsp3) is 0.484. The lowest BCUT2D eigenvalue weighted by Crippen LogP contribution is -2.40. The van der Waals surface area contributed by atoms with Crippen molar-refractivity contribution in [1.29, 1.82) is 0 Å². The van der Waals surface area contributed by atoms with Gasteiger partial charge < -0.3 is 19.3 Å². The molecule has 38 heavy (non-hydrogen) atoms. The van der Waals surface area contributed by atoms with Crippen molar-refractivity contribution in [1.82, 2.24) is 14.7 Å². The van der Waals surface area contributed by atoms with Crippen LogP contribution in [0.25, 0.3) is 0 Å². The maximum Gasteiger partial charge on any atom is 0.255 e. The number of ether oxygens (including phenoxy) is 2. The lowest BCUT2D eigenvalue weighted by Gasteiger charge is -2.28. The van der Waals surface area contributed by atoms with Crippen LogP contribution >= 0.6 is 0 Å². The molecule has 0 bridgehead atoms. The van der Waals surface area contributed by atoms with E-state index >= 15 is 0 Å². The van der Waals surface area contributed by atoms with E-state index in [2.05, 4.69) is 47.7 Å². The number of carbonyl (C=O) groups is 2. The summed E-state index contributed by atoms with van der Waals surface area (Å²) in [5.41, 5.74) is 4.84. The summed E-state index contributed by atoms with van der Waals surface area (Å²) in [4.78, 5) is 32.0. The van der Waals surface area contributed by atoms with Crippen molar-refractivity contribution in [3.05, 3.63) is 76.9 Å². The Balaban J connectivity index is 1.32. The van der Waals surface area contributed by atoms with Crippen LogP contribution in [0.5, 0.6) is 5.75 Å². The van der Waals surface area contributed by atoms with Crippen LogP contribution in [0.3, 0.4) is 0 Å². The van der Waals surface area contributed by atoms with Gasteiger partial charge >= 0.3 is 0 Å². The van der Waals surface area contributed by atoms with Crippen LogP contribution in [0.15, 0.2) is 54.6 Å². The number of hydrogen-bond acceptors (Lipinski definition) is 6. The number of Topliss-reactive ketones (excluding diaryl/α,β-unsaturated/α-hetero) is 1. The van der Waals surface area contributed by atoms with E-state index in [4.69, 9.17) is 9.47 Å². The Morgan fingerprint density at radius 3 is 2.50 bits per heavy atom. The predicted octanol–water partition coefficient (Wildman–Crippen LogP) is 4.30. The third-order valence-electron chi connectivity index (χ3n) is 7.41. The summed E-state index contributed by atoms with van der Waals surface area (Å²) < 4.78 is 11.6. The van der Waals surface area contributed by atoms with Gasteiger partial charge in [-0.1, -0.05) is 35.9 Å². The van der Waals surface area contributed by atoms with Gasteiger partial charge in [0.1, 0.15) is 12.4 Å². The maximum absolute atomic E-state index is 13.2. The summed E-state index contributed by atoms with van der Waals surface area (Å²) in [7, 11) is 2.16. The largest absolute Gasteiger partial charge is 0.489 e. The summed E-state index contributed by atoms with van der Waals surface area (Å²) in [6.07, 6.45) is 1.31. The third kappa shape index (κ3) is 7.31. The minimum absolute atomic E-state index is 0.00158. The molecule has 0 saturated carbocycles. The van der Waals surface area contributed by atoms with Gasteiger partial charge in [-0.05, 0) is 57.0 Å². The molecular weight excluding hydrogens is 478 g/mol. The van der Waals surface area contributed by atoms with Crippen LogP contribution in [0, 0.1) is 0 Å². The standard InChI is InChI=1S/C31H41N3O4/c1-23(2)8-13-29(24(3)35)34-21-28-27(31(34)36)6-5-7-30(28)38-22-26-11-9-25(10-12-26)20-32(4)14-15-33-16-18-37-19-17-33/h5-7,9-12,29H,1,8,13-22H2,2-4H3. The molecule has 2 aliphatic heterocycles. The Labute approximate surface area is 227 Å². The Kier molecular flexibility index (Phi) is 9.72. The highest BCUT2D eigenvalue weighted by Crippen LogP contribution is 2.33. The molecule has 2 aromatic rings. The number of nitrogens with zero attached hydrogens (tertiary/aromatic N) is 3. The van der Waals surface area contributed by atoms with Gasteiger partial charge in [0, 0.05) is 43.9 Å². The van der Waals surface area contributed by atoms with Crippen LogP contribution in [-0.4, -0.2) is 78.9 Å². The predicted molar refractivity (Wildman–Crippen MR) is 149 cm³/mol. The van der Waals surface area contributed by atoms with Gasteiger partial charge in [-0.2, -0.15) is 0 Å². The molecule has 1 atom stereocenters. The molecule has 2 aromatic carbocycles. The minimum Gasteiger partial charge on any atom is -0.489 e. The Bertz CT molecular complexity index is 1120. The van der Waals surface area contributed by atoms with Crippen LogP contribution in [-0.2, 0) is 29.2 Å². The molecule has 0 spiro atoms. The van der Waals surface area contributed by atoms with Crippen molar-refractivity contribution < 1.29 is 19.1 Å². The number of benzene rings is 2. The summed E-state index contributed by atoms with van der Waals surface area (Å²) in [5.74, 6) is 0.601. The van der Waals surface area contributed by atoms with Crippen molar-refractivity contribution in [3.63, 3.8) is 0 Å². The normalized spacial score (nSPS) is 16.5. The van der Waals surface area contributed by atoms with E-state index in [1.165, 1.54) is 5.56 Å². The number of allylic oxidation sites excluding steroid dienone is 1. The smallest absolute Gasteiger partial charge is 0.255 e. The molecular formula is C31H41N3O4. The molecule has 4 rings (SSSR count). The zero-order valence-electron chi connectivity index (χ0n) is 23.1. The Morgan fingerprint density at radius 1 is 1.11 bits per heavy atom. The molecule has 2 heterocycles. The maximum atomic E-state index is 13.2. The lowest BCUT2D eigenvalue weighted by atomic mass is 10.0. The monoisotopic (exact) mass is 519 g/mol. The van der Waals surface area contributed by atoms with Gasteiger partial charge in [0.2, 0.25) is 0 Å². The number of morpholine rings is 1. The summed E-state index contributed by atoms with van der Waals surface area (Å²) in [6, 6.07) is 13.7. The zero-order valence-corrected chi connectivity index (χ0v) is 23.1.